The largest absolute Gasteiger partial charge is 0.344 e. The minimum Gasteiger partial charge on any atom is -0.344 e. The fraction of sp³-hybridized carbons (Fsp3) is 0.526. The second-order valence-electron chi connectivity index (χ2n) is 7.24. The van der Waals surface area contributed by atoms with Gasteiger partial charge in [0.2, 0.25) is 0 Å². The number of nitrogens with one attached hydrogen (secondary N) is 2. The number of carbonyl (C=O) groups excluding carboxylic acids is 1. The number of aromatic nitrogens is 3. The van der Waals surface area contributed by atoms with E-state index < -0.39 is 0 Å². The summed E-state index contributed by atoms with van der Waals surface area (Å²) in [6, 6.07) is 8.76. The topological polar surface area (TPSA) is 71.8 Å². The number of halogens is 1. The molecule has 140 valence electrons. The van der Waals surface area contributed by atoms with Gasteiger partial charge in [0.1, 0.15) is 0 Å². The molecule has 7 heteroatoms. The fourth-order valence-corrected chi connectivity index (χ4v) is 4.20. The predicted molar refractivity (Wildman–Crippen MR) is 103 cm³/mol. The lowest BCUT2D eigenvalue weighted by atomic mass is 10.0. The lowest BCUT2D eigenvalue weighted by Crippen LogP contribution is -2.31. The third-order valence-electron chi connectivity index (χ3n) is 5.59. The molecule has 26 heavy (non-hydrogen) atoms. The quantitative estimate of drug-likeness (QED) is 0.865. The van der Waals surface area contributed by atoms with Gasteiger partial charge in [0.05, 0.1) is 17.8 Å². The Kier molecular flexibility index (Phi) is 5.63. The summed E-state index contributed by atoms with van der Waals surface area (Å²) in [7, 11) is 0. The Morgan fingerprint density at radius 3 is 2.65 bits per heavy atom. The molecule has 0 saturated carbocycles. The monoisotopic (exact) mass is 375 g/mol. The van der Waals surface area contributed by atoms with Crippen LogP contribution >= 0.6 is 12.4 Å². The molecule has 2 N–H and O–H groups in total. The van der Waals surface area contributed by atoms with Crippen molar-refractivity contribution in [1.29, 1.82) is 0 Å². The zero-order valence-electron chi connectivity index (χ0n) is 15.2. The first kappa shape index (κ1) is 18.9. The Balaban J connectivity index is 0.00000196. The van der Waals surface area contributed by atoms with Gasteiger partial charge in [-0.1, -0.05) is 36.4 Å². The first-order valence-electron chi connectivity index (χ1n) is 9.17. The van der Waals surface area contributed by atoms with E-state index in [1.807, 2.05) is 17.7 Å². The molecule has 2 aliphatic rings. The van der Waals surface area contributed by atoms with Gasteiger partial charge in [0.15, 0.2) is 5.69 Å². The van der Waals surface area contributed by atoms with Crippen LogP contribution in [0.3, 0.4) is 0 Å². The summed E-state index contributed by atoms with van der Waals surface area (Å²) in [4.78, 5) is 12.8. The van der Waals surface area contributed by atoms with Crippen LogP contribution in [0.2, 0.25) is 0 Å². The van der Waals surface area contributed by atoms with Crippen LogP contribution < -0.4 is 10.6 Å². The van der Waals surface area contributed by atoms with E-state index in [4.69, 9.17) is 0 Å². The van der Waals surface area contributed by atoms with Gasteiger partial charge in [-0.2, -0.15) is 0 Å². The van der Waals surface area contributed by atoms with Crippen LogP contribution in [0.25, 0.3) is 0 Å². The molecule has 0 radical (unpaired) electrons. The first-order valence-corrected chi connectivity index (χ1v) is 9.17. The maximum Gasteiger partial charge on any atom is 0.274 e. The van der Waals surface area contributed by atoms with E-state index in [1.54, 1.807) is 0 Å². The molecule has 1 saturated heterocycles. The van der Waals surface area contributed by atoms with Gasteiger partial charge in [-0.3, -0.25) is 4.79 Å². The number of rotatable bonds is 3. The smallest absolute Gasteiger partial charge is 0.274 e. The van der Waals surface area contributed by atoms with Gasteiger partial charge in [0.25, 0.3) is 5.91 Å². The van der Waals surface area contributed by atoms with Crippen molar-refractivity contribution in [3.8, 4) is 0 Å². The number of piperidine rings is 1. The van der Waals surface area contributed by atoms with Crippen molar-refractivity contribution >= 4 is 18.3 Å². The average Bonchev–Trinajstić information content (AvgIpc) is 3.17. The van der Waals surface area contributed by atoms with Crippen molar-refractivity contribution in [3.63, 3.8) is 0 Å². The summed E-state index contributed by atoms with van der Waals surface area (Å²) < 4.78 is 1.93. The van der Waals surface area contributed by atoms with E-state index in [0.29, 0.717) is 17.7 Å². The van der Waals surface area contributed by atoms with Crippen molar-refractivity contribution in [2.75, 3.05) is 13.1 Å². The van der Waals surface area contributed by atoms with E-state index in [9.17, 15) is 4.79 Å². The Hall–Kier alpha value is -1.92. The van der Waals surface area contributed by atoms with Gasteiger partial charge in [0, 0.05) is 0 Å². The molecule has 0 bridgehead atoms. The number of nitrogens with zero attached hydrogens (tertiary/aromatic N) is 3. The third kappa shape index (κ3) is 3.35. The van der Waals surface area contributed by atoms with E-state index in [0.717, 1.165) is 38.0 Å². The molecule has 4 rings (SSSR count). The maximum atomic E-state index is 12.8. The van der Waals surface area contributed by atoms with Crippen LogP contribution in [0.1, 0.15) is 71.5 Å². The molecule has 1 aromatic heterocycles. The minimum absolute atomic E-state index is 0. The number of hydrogen-bond donors (Lipinski definition) is 2. The van der Waals surface area contributed by atoms with E-state index >= 15 is 0 Å². The summed E-state index contributed by atoms with van der Waals surface area (Å²) in [5.74, 6) is 0.347. The number of hydrogen-bond acceptors (Lipinski definition) is 4. The van der Waals surface area contributed by atoms with Gasteiger partial charge >= 0.3 is 0 Å². The number of benzene rings is 1. The summed E-state index contributed by atoms with van der Waals surface area (Å²) in [6.45, 7) is 6.14. The van der Waals surface area contributed by atoms with E-state index in [-0.39, 0.29) is 24.4 Å². The van der Waals surface area contributed by atoms with Gasteiger partial charge in [-0.15, -0.1) is 17.5 Å². The van der Waals surface area contributed by atoms with Crippen LogP contribution in [0.15, 0.2) is 24.3 Å². The number of carbonyl (C=O) groups is 1. The lowest BCUT2D eigenvalue weighted by molar-refractivity contribution is 0.0930. The van der Waals surface area contributed by atoms with Crippen LogP contribution in [-0.4, -0.2) is 34.0 Å². The molecular weight excluding hydrogens is 350 g/mol. The molecule has 1 aliphatic heterocycles. The molecule has 1 fully saturated rings. The van der Waals surface area contributed by atoms with E-state index in [1.165, 1.54) is 11.1 Å². The van der Waals surface area contributed by atoms with Crippen molar-refractivity contribution in [2.45, 2.75) is 51.1 Å². The highest BCUT2D eigenvalue weighted by Gasteiger charge is 2.30. The summed E-state index contributed by atoms with van der Waals surface area (Å²) in [5.41, 5.74) is 3.88. The highest BCUT2D eigenvalue weighted by Crippen LogP contribution is 2.39. The van der Waals surface area contributed by atoms with Crippen LogP contribution in [-0.2, 0) is 0 Å². The number of amides is 1. The summed E-state index contributed by atoms with van der Waals surface area (Å²) >= 11 is 0. The lowest BCUT2D eigenvalue weighted by Gasteiger charge is -2.23. The fourth-order valence-electron chi connectivity index (χ4n) is 4.20. The molecule has 1 aromatic carbocycles. The SMILES string of the molecule is Cc1c(C(=O)NC2CC(C)c3ccccc32)nnn1C1CCNCC1.Cl. The van der Waals surface area contributed by atoms with Gasteiger partial charge < -0.3 is 10.6 Å². The average molecular weight is 376 g/mol. The van der Waals surface area contributed by atoms with Crippen molar-refractivity contribution in [3.05, 3.63) is 46.8 Å². The van der Waals surface area contributed by atoms with Crippen molar-refractivity contribution in [2.24, 2.45) is 0 Å². The van der Waals surface area contributed by atoms with Gasteiger partial charge in [-0.05, 0) is 56.3 Å². The summed E-state index contributed by atoms with van der Waals surface area (Å²) in [5, 5.41) is 15.0. The molecule has 1 aliphatic carbocycles. The third-order valence-corrected chi connectivity index (χ3v) is 5.59. The van der Waals surface area contributed by atoms with Gasteiger partial charge in [-0.25, -0.2) is 4.68 Å². The molecule has 2 atom stereocenters. The Bertz CT molecular complexity index is 784. The molecule has 2 aromatic rings. The molecule has 6 nitrogen and oxygen atoms in total. The normalized spacial score (nSPS) is 22.5. The second kappa shape index (κ2) is 7.76. The Morgan fingerprint density at radius 1 is 1.23 bits per heavy atom. The van der Waals surface area contributed by atoms with Crippen LogP contribution in [0.5, 0.6) is 0 Å². The first-order chi connectivity index (χ1) is 12.1. The van der Waals surface area contributed by atoms with Crippen molar-refractivity contribution < 1.29 is 4.79 Å². The minimum atomic E-state index is -0.119. The predicted octanol–water partition coefficient (Wildman–Crippen LogP) is 2.91. The Morgan fingerprint density at radius 2 is 1.92 bits per heavy atom. The molecular formula is C19H26ClN5O. The van der Waals surface area contributed by atoms with Crippen molar-refractivity contribution in [1.82, 2.24) is 25.6 Å². The van der Waals surface area contributed by atoms with Crippen LogP contribution in [0.4, 0.5) is 0 Å². The highest BCUT2D eigenvalue weighted by atomic mass is 35.5. The molecule has 0 spiro atoms. The molecule has 1 amide bonds. The zero-order valence-corrected chi connectivity index (χ0v) is 16.1. The highest BCUT2D eigenvalue weighted by molar-refractivity contribution is 5.93. The zero-order chi connectivity index (χ0) is 17.4. The van der Waals surface area contributed by atoms with Crippen LogP contribution in [0, 0.1) is 6.92 Å². The van der Waals surface area contributed by atoms with E-state index in [2.05, 4.69) is 46.1 Å². The summed E-state index contributed by atoms with van der Waals surface area (Å²) in [6.07, 6.45) is 2.99. The maximum absolute atomic E-state index is 12.8. The molecule has 2 heterocycles. The number of fused-ring (bicyclic) bond motifs is 1. The molecule has 2 unspecified atom stereocenters. The Labute approximate surface area is 160 Å². The second-order valence-corrected chi connectivity index (χ2v) is 7.24. The standard InChI is InChI=1S/C19H25N5O.ClH/c1-12-11-17(16-6-4-3-5-15(12)16)21-19(25)18-13(2)24(23-22-18)14-7-9-20-10-8-14;/h3-6,12,14,17,20H,7-11H2,1-2H3,(H,21,25);1H.